The Hall–Kier alpha value is -0.730. The van der Waals surface area contributed by atoms with Gasteiger partial charge >= 0.3 is 6.09 Å². The minimum Gasteiger partial charge on any atom is -0.450 e. The Labute approximate surface area is 99.9 Å². The maximum Gasteiger partial charge on any atom is 0.407 e. The first-order chi connectivity index (χ1) is 7.45. The van der Waals surface area contributed by atoms with Gasteiger partial charge in [0.1, 0.15) is 0 Å². The molecule has 0 heterocycles. The first-order valence-corrected chi connectivity index (χ1v) is 6.36. The molecule has 0 fully saturated rings. The number of unbranched alkanes of at least 4 members (excludes halogenated alkanes) is 2. The average molecular weight is 229 g/mol. The highest BCUT2D eigenvalue weighted by molar-refractivity contribution is 5.66. The molecule has 0 aliphatic carbocycles. The summed E-state index contributed by atoms with van der Waals surface area (Å²) < 4.78 is 4.98. The van der Waals surface area contributed by atoms with Crippen LogP contribution in [0.2, 0.25) is 0 Å². The van der Waals surface area contributed by atoms with Crippen LogP contribution in [0, 0.1) is 5.41 Å². The van der Waals surface area contributed by atoms with Crippen LogP contribution in [0.15, 0.2) is 0 Å². The highest BCUT2D eigenvalue weighted by Gasteiger charge is 2.09. The summed E-state index contributed by atoms with van der Waals surface area (Å²) in [6.07, 6.45) is 5.10. The van der Waals surface area contributed by atoms with E-state index in [2.05, 4.69) is 33.0 Å². The lowest BCUT2D eigenvalue weighted by molar-refractivity contribution is 0.144. The lowest BCUT2D eigenvalue weighted by Gasteiger charge is -2.17. The van der Waals surface area contributed by atoms with Crippen molar-refractivity contribution < 1.29 is 9.53 Å². The Bertz CT molecular complexity index is 185. The summed E-state index contributed by atoms with van der Waals surface area (Å²) >= 11 is 0. The van der Waals surface area contributed by atoms with Crippen molar-refractivity contribution in [1.29, 1.82) is 0 Å². The summed E-state index contributed by atoms with van der Waals surface area (Å²) in [6.45, 7) is 10.0. The highest BCUT2D eigenvalue weighted by atomic mass is 16.5. The normalized spacial score (nSPS) is 11.2. The third-order valence-corrected chi connectivity index (χ3v) is 2.35. The number of hydrogen-bond acceptors (Lipinski definition) is 2. The number of amides is 1. The second kappa shape index (κ2) is 8.43. The van der Waals surface area contributed by atoms with Gasteiger partial charge in [0.2, 0.25) is 0 Å². The standard InChI is InChI=1S/C13H27NO2/c1-5-6-11-16-12(15)14-10-8-7-9-13(2,3)4/h5-11H2,1-4H3,(H,14,15). The quantitative estimate of drug-likeness (QED) is 0.675. The van der Waals surface area contributed by atoms with Gasteiger partial charge in [-0.2, -0.15) is 0 Å². The fraction of sp³-hybridized carbons (Fsp3) is 0.923. The van der Waals surface area contributed by atoms with Crippen LogP contribution in [0.4, 0.5) is 4.79 Å². The summed E-state index contributed by atoms with van der Waals surface area (Å²) in [5, 5.41) is 2.77. The molecule has 0 aromatic rings. The van der Waals surface area contributed by atoms with Crippen molar-refractivity contribution in [3.05, 3.63) is 0 Å². The minimum atomic E-state index is -0.274. The first-order valence-electron chi connectivity index (χ1n) is 6.36. The van der Waals surface area contributed by atoms with Crippen LogP contribution in [0.3, 0.4) is 0 Å². The van der Waals surface area contributed by atoms with Crippen LogP contribution in [-0.4, -0.2) is 19.2 Å². The molecule has 3 nitrogen and oxygen atoms in total. The van der Waals surface area contributed by atoms with E-state index in [4.69, 9.17) is 4.74 Å². The SMILES string of the molecule is CCCCOC(=O)NCCCCC(C)(C)C. The summed E-state index contributed by atoms with van der Waals surface area (Å²) in [5.41, 5.74) is 0.391. The van der Waals surface area contributed by atoms with E-state index in [0.29, 0.717) is 12.0 Å². The third kappa shape index (κ3) is 11.3. The molecule has 0 rings (SSSR count). The second-order valence-corrected chi connectivity index (χ2v) is 5.43. The molecule has 0 saturated carbocycles. The molecule has 16 heavy (non-hydrogen) atoms. The van der Waals surface area contributed by atoms with E-state index in [1.807, 2.05) is 0 Å². The molecule has 0 atom stereocenters. The van der Waals surface area contributed by atoms with E-state index in [9.17, 15) is 4.79 Å². The van der Waals surface area contributed by atoms with Crippen molar-refractivity contribution >= 4 is 6.09 Å². The van der Waals surface area contributed by atoms with Crippen molar-refractivity contribution in [2.24, 2.45) is 5.41 Å². The number of nitrogens with one attached hydrogen (secondary N) is 1. The van der Waals surface area contributed by atoms with E-state index in [-0.39, 0.29) is 6.09 Å². The Balaban J connectivity index is 3.28. The lowest BCUT2D eigenvalue weighted by atomic mass is 9.90. The van der Waals surface area contributed by atoms with Gasteiger partial charge in [-0.1, -0.05) is 40.5 Å². The van der Waals surface area contributed by atoms with Gasteiger partial charge in [-0.15, -0.1) is 0 Å². The molecule has 0 radical (unpaired) electrons. The van der Waals surface area contributed by atoms with E-state index in [1.165, 1.54) is 6.42 Å². The van der Waals surface area contributed by atoms with E-state index in [1.54, 1.807) is 0 Å². The van der Waals surface area contributed by atoms with Gasteiger partial charge in [0, 0.05) is 6.54 Å². The highest BCUT2D eigenvalue weighted by Crippen LogP contribution is 2.21. The van der Waals surface area contributed by atoms with Crippen LogP contribution in [0.1, 0.15) is 59.8 Å². The van der Waals surface area contributed by atoms with Crippen LogP contribution in [0.25, 0.3) is 0 Å². The predicted octanol–water partition coefficient (Wildman–Crippen LogP) is 3.73. The fourth-order valence-corrected chi connectivity index (χ4v) is 1.33. The molecule has 0 aliphatic rings. The monoisotopic (exact) mass is 229 g/mol. The smallest absolute Gasteiger partial charge is 0.407 e. The Kier molecular flexibility index (Phi) is 8.04. The molecular formula is C13H27NO2. The minimum absolute atomic E-state index is 0.274. The van der Waals surface area contributed by atoms with E-state index >= 15 is 0 Å². The molecule has 0 spiro atoms. The summed E-state index contributed by atoms with van der Waals surface area (Å²) in [4.78, 5) is 11.1. The molecule has 0 bridgehead atoms. The van der Waals surface area contributed by atoms with Crippen LogP contribution < -0.4 is 5.32 Å². The Morgan fingerprint density at radius 1 is 1.19 bits per heavy atom. The molecule has 0 unspecified atom stereocenters. The predicted molar refractivity (Wildman–Crippen MR) is 67.6 cm³/mol. The number of carbonyl (C=O) groups is 1. The van der Waals surface area contributed by atoms with Crippen molar-refractivity contribution in [1.82, 2.24) is 5.32 Å². The number of rotatable bonds is 7. The van der Waals surface area contributed by atoms with Gasteiger partial charge in [-0.3, -0.25) is 0 Å². The molecule has 3 heteroatoms. The molecule has 1 N–H and O–H groups in total. The summed E-state index contributed by atoms with van der Waals surface area (Å²) in [5.74, 6) is 0. The van der Waals surface area contributed by atoms with Crippen molar-refractivity contribution in [2.45, 2.75) is 59.8 Å². The molecule has 0 aromatic carbocycles. The maximum absolute atomic E-state index is 11.1. The molecule has 0 saturated heterocycles. The summed E-state index contributed by atoms with van der Waals surface area (Å²) in [7, 11) is 0. The van der Waals surface area contributed by atoms with Gasteiger partial charge in [0.25, 0.3) is 0 Å². The largest absolute Gasteiger partial charge is 0.450 e. The molecule has 0 aromatic heterocycles. The third-order valence-electron chi connectivity index (χ3n) is 2.35. The lowest BCUT2D eigenvalue weighted by Crippen LogP contribution is -2.25. The molecule has 96 valence electrons. The zero-order chi connectivity index (χ0) is 12.4. The van der Waals surface area contributed by atoms with Gasteiger partial charge in [-0.05, 0) is 24.7 Å². The number of carbonyl (C=O) groups excluding carboxylic acids is 1. The van der Waals surface area contributed by atoms with Crippen LogP contribution in [0.5, 0.6) is 0 Å². The number of alkyl carbamates (subject to hydrolysis) is 1. The zero-order valence-electron chi connectivity index (χ0n) is 11.3. The fourth-order valence-electron chi connectivity index (χ4n) is 1.33. The molecular weight excluding hydrogens is 202 g/mol. The molecule has 1 amide bonds. The summed E-state index contributed by atoms with van der Waals surface area (Å²) in [6, 6.07) is 0. The maximum atomic E-state index is 11.1. The van der Waals surface area contributed by atoms with Crippen molar-refractivity contribution in [2.75, 3.05) is 13.2 Å². The van der Waals surface area contributed by atoms with E-state index < -0.39 is 0 Å². The Morgan fingerprint density at radius 3 is 2.44 bits per heavy atom. The molecule has 0 aliphatic heterocycles. The van der Waals surface area contributed by atoms with Gasteiger partial charge in [-0.25, -0.2) is 4.79 Å². The van der Waals surface area contributed by atoms with E-state index in [0.717, 1.165) is 32.2 Å². The van der Waals surface area contributed by atoms with Gasteiger partial charge in [0.15, 0.2) is 0 Å². The van der Waals surface area contributed by atoms with Crippen LogP contribution in [-0.2, 0) is 4.74 Å². The van der Waals surface area contributed by atoms with Crippen molar-refractivity contribution in [3.63, 3.8) is 0 Å². The number of hydrogen-bond donors (Lipinski definition) is 1. The zero-order valence-corrected chi connectivity index (χ0v) is 11.3. The van der Waals surface area contributed by atoms with Gasteiger partial charge < -0.3 is 10.1 Å². The van der Waals surface area contributed by atoms with Crippen LogP contribution >= 0.6 is 0 Å². The van der Waals surface area contributed by atoms with Crippen molar-refractivity contribution in [3.8, 4) is 0 Å². The van der Waals surface area contributed by atoms with Gasteiger partial charge in [0.05, 0.1) is 6.61 Å². The second-order valence-electron chi connectivity index (χ2n) is 5.43. The number of ether oxygens (including phenoxy) is 1. The first kappa shape index (κ1) is 15.3. The Morgan fingerprint density at radius 2 is 1.88 bits per heavy atom. The topological polar surface area (TPSA) is 38.3 Å². The average Bonchev–Trinajstić information content (AvgIpc) is 2.16.